The van der Waals surface area contributed by atoms with E-state index in [2.05, 4.69) is 62.0 Å². The Hall–Kier alpha value is -1.47. The average molecular weight is 264 g/mol. The van der Waals surface area contributed by atoms with Crippen LogP contribution in [0.4, 0.5) is 0 Å². The largest absolute Gasteiger partial charge is 0.0783 e. The van der Waals surface area contributed by atoms with Gasteiger partial charge in [-0.05, 0) is 46.0 Å². The van der Waals surface area contributed by atoms with E-state index in [-0.39, 0.29) is 8.41 Å². The first-order valence-electron chi connectivity index (χ1n) is 7.22. The molecule has 0 saturated heterocycles. The van der Waals surface area contributed by atoms with Gasteiger partial charge in [0.1, 0.15) is 0 Å². The van der Waals surface area contributed by atoms with Crippen LogP contribution in [0.3, 0.4) is 0 Å². The highest BCUT2D eigenvalue weighted by atomic mass is 28.2. The molecule has 0 radical (unpaired) electrons. The van der Waals surface area contributed by atoms with Gasteiger partial charge in [-0.3, -0.25) is 0 Å². The highest BCUT2D eigenvalue weighted by Gasteiger charge is 2.13. The lowest BCUT2D eigenvalue weighted by molar-refractivity contribution is 1.29. The normalized spacial score (nSPS) is 13.3. The van der Waals surface area contributed by atoms with Crippen molar-refractivity contribution in [1.29, 1.82) is 0 Å². The lowest BCUT2D eigenvalue weighted by Gasteiger charge is -2.03. The molecule has 19 heavy (non-hydrogen) atoms. The van der Waals surface area contributed by atoms with Gasteiger partial charge in [-0.25, -0.2) is 0 Å². The topological polar surface area (TPSA) is 0 Å². The maximum atomic E-state index is 2.58. The van der Waals surface area contributed by atoms with Crippen LogP contribution in [0.15, 0.2) is 42.0 Å². The molecular weight excluding hydrogens is 244 g/mol. The molecule has 1 aliphatic carbocycles. The summed E-state index contributed by atoms with van der Waals surface area (Å²) in [4.78, 5) is 0. The SMILES string of the molecule is CC[Si](=CC1=Cc2c(ccc3ccccc23)C1)CC. The number of rotatable bonds is 3. The van der Waals surface area contributed by atoms with Crippen LogP contribution in [-0.2, 0) is 6.42 Å². The highest BCUT2D eigenvalue weighted by molar-refractivity contribution is 6.68. The fourth-order valence-electron chi connectivity index (χ4n) is 2.93. The Morgan fingerprint density at radius 2 is 1.84 bits per heavy atom. The predicted molar refractivity (Wildman–Crippen MR) is 88.4 cm³/mol. The third kappa shape index (κ3) is 2.35. The first-order valence-corrected chi connectivity index (χ1v) is 9.21. The summed E-state index contributed by atoms with van der Waals surface area (Å²) < 4.78 is 0. The van der Waals surface area contributed by atoms with Gasteiger partial charge in [0.25, 0.3) is 0 Å². The van der Waals surface area contributed by atoms with E-state index in [1.54, 1.807) is 5.57 Å². The van der Waals surface area contributed by atoms with Crippen LogP contribution in [0, 0.1) is 0 Å². The Morgan fingerprint density at radius 1 is 1.05 bits per heavy atom. The summed E-state index contributed by atoms with van der Waals surface area (Å²) in [6.45, 7) is 4.65. The molecule has 0 spiro atoms. The van der Waals surface area contributed by atoms with Gasteiger partial charge < -0.3 is 0 Å². The van der Waals surface area contributed by atoms with Crippen molar-refractivity contribution in [2.45, 2.75) is 32.4 Å². The minimum atomic E-state index is -0.269. The Labute approximate surface area is 117 Å². The molecule has 0 aromatic heterocycles. The van der Waals surface area contributed by atoms with Gasteiger partial charge in [-0.15, -0.1) is 0 Å². The van der Waals surface area contributed by atoms with Crippen molar-refractivity contribution >= 4 is 30.9 Å². The maximum Gasteiger partial charge on any atom is 0.00955 e. The molecule has 0 saturated carbocycles. The molecule has 0 nitrogen and oxygen atoms in total. The summed E-state index contributed by atoms with van der Waals surface area (Å²) in [7, 11) is -0.269. The maximum absolute atomic E-state index is 2.58. The molecule has 2 aromatic rings. The summed E-state index contributed by atoms with van der Waals surface area (Å²) in [5.41, 5.74) is 7.08. The van der Waals surface area contributed by atoms with Crippen molar-refractivity contribution in [3.63, 3.8) is 0 Å². The Kier molecular flexibility index (Phi) is 3.47. The second-order valence-electron chi connectivity index (χ2n) is 5.27. The Bertz CT molecular complexity index is 671. The summed E-state index contributed by atoms with van der Waals surface area (Å²) in [6, 6.07) is 16.0. The monoisotopic (exact) mass is 264 g/mol. The molecule has 1 heteroatoms. The van der Waals surface area contributed by atoms with Gasteiger partial charge in [0.15, 0.2) is 0 Å². The highest BCUT2D eigenvalue weighted by Crippen LogP contribution is 2.31. The van der Waals surface area contributed by atoms with E-state index in [0.717, 1.165) is 6.42 Å². The zero-order valence-electron chi connectivity index (χ0n) is 11.7. The molecule has 0 fully saturated rings. The van der Waals surface area contributed by atoms with E-state index in [4.69, 9.17) is 0 Å². The number of hydrogen-bond acceptors (Lipinski definition) is 0. The molecule has 96 valence electrons. The molecule has 0 amide bonds. The zero-order chi connectivity index (χ0) is 13.2. The minimum absolute atomic E-state index is 0.269. The standard InChI is InChI=1S/C18H20Si/c1-3-19(4-2)13-14-11-16-10-9-15-7-5-6-8-17(15)18(16)12-14/h5-10,12-13H,3-4,11H2,1-2H3. The molecule has 0 N–H and O–H groups in total. The molecule has 2 aromatic carbocycles. The summed E-state index contributed by atoms with van der Waals surface area (Å²) >= 11 is 0. The zero-order valence-corrected chi connectivity index (χ0v) is 12.7. The van der Waals surface area contributed by atoms with Gasteiger partial charge in [0.05, 0.1) is 0 Å². The van der Waals surface area contributed by atoms with E-state index < -0.39 is 0 Å². The summed E-state index contributed by atoms with van der Waals surface area (Å²) in [6.07, 6.45) is 3.56. The second-order valence-corrected chi connectivity index (χ2v) is 8.28. The van der Waals surface area contributed by atoms with Gasteiger partial charge in [-0.2, -0.15) is 0 Å². The minimum Gasteiger partial charge on any atom is -0.0783 e. The third-order valence-corrected chi connectivity index (χ3v) is 6.68. The van der Waals surface area contributed by atoms with Crippen LogP contribution < -0.4 is 0 Å². The van der Waals surface area contributed by atoms with Crippen LogP contribution in [0.2, 0.25) is 12.1 Å². The van der Waals surface area contributed by atoms with E-state index in [9.17, 15) is 0 Å². The lowest BCUT2D eigenvalue weighted by atomic mass is 10.0. The molecule has 0 atom stereocenters. The van der Waals surface area contributed by atoms with Crippen LogP contribution in [0.1, 0.15) is 25.0 Å². The third-order valence-electron chi connectivity index (χ3n) is 4.08. The van der Waals surface area contributed by atoms with Crippen molar-refractivity contribution in [1.82, 2.24) is 0 Å². The van der Waals surface area contributed by atoms with Crippen molar-refractivity contribution in [2.24, 2.45) is 0 Å². The van der Waals surface area contributed by atoms with Crippen molar-refractivity contribution < 1.29 is 0 Å². The van der Waals surface area contributed by atoms with E-state index in [0.29, 0.717) is 0 Å². The first kappa shape index (κ1) is 12.6. The fraction of sp³-hybridized carbons (Fsp3) is 0.278. The van der Waals surface area contributed by atoms with Crippen molar-refractivity contribution in [2.75, 3.05) is 0 Å². The Morgan fingerprint density at radius 3 is 2.63 bits per heavy atom. The lowest BCUT2D eigenvalue weighted by Crippen LogP contribution is -2.03. The van der Waals surface area contributed by atoms with Crippen LogP contribution >= 0.6 is 0 Å². The fourth-order valence-corrected chi connectivity index (χ4v) is 4.55. The molecule has 1 aliphatic rings. The van der Waals surface area contributed by atoms with Gasteiger partial charge >= 0.3 is 0 Å². The van der Waals surface area contributed by atoms with E-state index in [1.165, 1.54) is 34.0 Å². The number of allylic oxidation sites excluding steroid dienone is 1. The number of fused-ring (bicyclic) bond motifs is 3. The molecule has 0 unspecified atom stereocenters. The number of hydrogen-bond donors (Lipinski definition) is 0. The Balaban J connectivity index is 2.07. The average Bonchev–Trinajstić information content (AvgIpc) is 2.87. The van der Waals surface area contributed by atoms with Crippen LogP contribution in [-0.4, -0.2) is 14.1 Å². The molecular formula is C18H20Si. The molecule has 0 bridgehead atoms. The van der Waals surface area contributed by atoms with Crippen LogP contribution in [0.5, 0.6) is 0 Å². The van der Waals surface area contributed by atoms with E-state index >= 15 is 0 Å². The van der Waals surface area contributed by atoms with Gasteiger partial charge in [-0.1, -0.05) is 62.0 Å². The smallest absolute Gasteiger partial charge is 0.00955 e. The second kappa shape index (κ2) is 5.26. The molecule has 0 aliphatic heterocycles. The first-order chi connectivity index (χ1) is 9.31. The van der Waals surface area contributed by atoms with Crippen molar-refractivity contribution in [3.8, 4) is 0 Å². The summed E-state index contributed by atoms with van der Waals surface area (Å²) in [5.74, 6) is 0. The predicted octanol–water partition coefficient (Wildman–Crippen LogP) is 4.70. The molecule has 3 rings (SSSR count). The van der Waals surface area contributed by atoms with E-state index in [1.807, 2.05) is 0 Å². The summed E-state index contributed by atoms with van der Waals surface area (Å²) in [5, 5.41) is 2.76. The number of benzene rings is 2. The quantitative estimate of drug-likeness (QED) is 0.705. The van der Waals surface area contributed by atoms with Crippen LogP contribution in [0.25, 0.3) is 16.8 Å². The van der Waals surface area contributed by atoms with Gasteiger partial charge in [0.2, 0.25) is 0 Å². The van der Waals surface area contributed by atoms with Gasteiger partial charge in [0, 0.05) is 8.41 Å². The van der Waals surface area contributed by atoms with Crippen molar-refractivity contribution in [3.05, 3.63) is 53.1 Å². The molecule has 0 heterocycles.